The van der Waals surface area contributed by atoms with Crippen molar-refractivity contribution in [2.75, 3.05) is 13.1 Å². The molecule has 2 aliphatic rings. The van der Waals surface area contributed by atoms with Crippen LogP contribution in [-0.2, 0) is 4.79 Å². The molecule has 1 spiro atoms. The van der Waals surface area contributed by atoms with Crippen molar-refractivity contribution in [3.8, 4) is 0 Å². The van der Waals surface area contributed by atoms with Gasteiger partial charge in [-0.1, -0.05) is 19.3 Å². The van der Waals surface area contributed by atoms with Crippen molar-refractivity contribution < 1.29 is 4.79 Å². The lowest BCUT2D eigenvalue weighted by Gasteiger charge is -2.44. The van der Waals surface area contributed by atoms with E-state index in [9.17, 15) is 4.79 Å². The first-order valence-corrected chi connectivity index (χ1v) is 6.67. The van der Waals surface area contributed by atoms with E-state index in [4.69, 9.17) is 5.73 Å². The molecule has 0 bridgehead atoms. The number of nitrogens with zero attached hydrogens (tertiary/aromatic N) is 1. The normalized spacial score (nSPS) is 26.8. The van der Waals surface area contributed by atoms with Gasteiger partial charge in [0.1, 0.15) is 0 Å². The Morgan fingerprint density at radius 3 is 2.19 bits per heavy atom. The SMILES string of the molecule is C[C@@H](N)C(=O)N1CCC2(CCCCC2)CC1. The van der Waals surface area contributed by atoms with Crippen molar-refractivity contribution in [2.24, 2.45) is 11.1 Å². The number of amides is 1. The minimum atomic E-state index is -0.333. The molecule has 2 fully saturated rings. The first-order valence-electron chi connectivity index (χ1n) is 6.67. The Balaban J connectivity index is 1.88. The molecule has 1 saturated carbocycles. The Morgan fingerprint density at radius 1 is 1.12 bits per heavy atom. The number of carbonyl (C=O) groups is 1. The first-order chi connectivity index (χ1) is 7.63. The summed E-state index contributed by atoms with van der Waals surface area (Å²) in [7, 11) is 0. The van der Waals surface area contributed by atoms with E-state index >= 15 is 0 Å². The minimum absolute atomic E-state index is 0.130. The maximum Gasteiger partial charge on any atom is 0.239 e. The average Bonchev–Trinajstić information content (AvgIpc) is 2.30. The summed E-state index contributed by atoms with van der Waals surface area (Å²) in [6, 6.07) is -0.333. The van der Waals surface area contributed by atoms with E-state index in [1.165, 1.54) is 44.9 Å². The Kier molecular flexibility index (Phi) is 3.53. The van der Waals surface area contributed by atoms with E-state index in [-0.39, 0.29) is 11.9 Å². The van der Waals surface area contributed by atoms with Gasteiger partial charge in [0.25, 0.3) is 0 Å². The van der Waals surface area contributed by atoms with Crippen LogP contribution in [0.15, 0.2) is 0 Å². The van der Waals surface area contributed by atoms with Gasteiger partial charge in [0.2, 0.25) is 5.91 Å². The fraction of sp³-hybridized carbons (Fsp3) is 0.923. The lowest BCUT2D eigenvalue weighted by atomic mass is 9.68. The molecule has 0 aromatic carbocycles. The van der Waals surface area contributed by atoms with Crippen LogP contribution in [-0.4, -0.2) is 29.9 Å². The van der Waals surface area contributed by atoms with Gasteiger partial charge in [-0.25, -0.2) is 0 Å². The van der Waals surface area contributed by atoms with Gasteiger partial charge >= 0.3 is 0 Å². The van der Waals surface area contributed by atoms with Gasteiger partial charge in [-0.15, -0.1) is 0 Å². The van der Waals surface area contributed by atoms with Crippen molar-refractivity contribution in [2.45, 2.75) is 57.9 Å². The highest BCUT2D eigenvalue weighted by Gasteiger charge is 2.36. The molecule has 0 aromatic rings. The second-order valence-electron chi connectivity index (χ2n) is 5.67. The van der Waals surface area contributed by atoms with Gasteiger partial charge in [0, 0.05) is 13.1 Å². The van der Waals surface area contributed by atoms with Gasteiger partial charge in [-0.05, 0) is 38.0 Å². The van der Waals surface area contributed by atoms with Crippen LogP contribution in [0.25, 0.3) is 0 Å². The van der Waals surface area contributed by atoms with Crippen LogP contribution in [0.1, 0.15) is 51.9 Å². The Hall–Kier alpha value is -0.570. The van der Waals surface area contributed by atoms with E-state index < -0.39 is 0 Å². The molecule has 16 heavy (non-hydrogen) atoms. The Bertz CT molecular complexity index is 247. The quantitative estimate of drug-likeness (QED) is 0.739. The van der Waals surface area contributed by atoms with Gasteiger partial charge < -0.3 is 10.6 Å². The minimum Gasteiger partial charge on any atom is -0.341 e. The van der Waals surface area contributed by atoms with E-state index in [1.807, 2.05) is 4.90 Å². The van der Waals surface area contributed by atoms with Gasteiger partial charge in [0.15, 0.2) is 0 Å². The smallest absolute Gasteiger partial charge is 0.239 e. The topological polar surface area (TPSA) is 46.3 Å². The summed E-state index contributed by atoms with van der Waals surface area (Å²) in [4.78, 5) is 13.7. The Labute approximate surface area is 98.4 Å². The second kappa shape index (κ2) is 4.74. The van der Waals surface area contributed by atoms with Gasteiger partial charge in [-0.2, -0.15) is 0 Å². The molecule has 0 aromatic heterocycles. The highest BCUT2D eigenvalue weighted by Crippen LogP contribution is 2.44. The third kappa shape index (κ3) is 2.40. The molecule has 1 saturated heterocycles. The summed E-state index contributed by atoms with van der Waals surface area (Å²) >= 11 is 0. The molecule has 1 aliphatic carbocycles. The highest BCUT2D eigenvalue weighted by atomic mass is 16.2. The third-order valence-corrected chi connectivity index (χ3v) is 4.44. The largest absolute Gasteiger partial charge is 0.341 e. The zero-order valence-electron chi connectivity index (χ0n) is 10.4. The molecule has 3 nitrogen and oxygen atoms in total. The molecule has 3 heteroatoms. The van der Waals surface area contributed by atoms with E-state index in [0.717, 1.165) is 13.1 Å². The van der Waals surface area contributed by atoms with Crippen LogP contribution in [0.3, 0.4) is 0 Å². The van der Waals surface area contributed by atoms with Crippen molar-refractivity contribution >= 4 is 5.91 Å². The molecular weight excluding hydrogens is 200 g/mol. The van der Waals surface area contributed by atoms with Crippen LogP contribution in [0, 0.1) is 5.41 Å². The number of rotatable bonds is 1. The van der Waals surface area contributed by atoms with E-state index in [0.29, 0.717) is 5.41 Å². The third-order valence-electron chi connectivity index (χ3n) is 4.44. The molecular formula is C13H24N2O. The fourth-order valence-electron chi connectivity index (χ4n) is 3.29. The number of carbonyl (C=O) groups excluding carboxylic acids is 1. The van der Waals surface area contributed by atoms with Crippen molar-refractivity contribution in [3.63, 3.8) is 0 Å². The summed E-state index contributed by atoms with van der Waals surface area (Å²) in [6.45, 7) is 3.65. The monoisotopic (exact) mass is 224 g/mol. The first kappa shape index (κ1) is 11.9. The van der Waals surface area contributed by atoms with Crippen LogP contribution >= 0.6 is 0 Å². The van der Waals surface area contributed by atoms with Crippen molar-refractivity contribution in [1.82, 2.24) is 4.90 Å². The molecule has 2 N–H and O–H groups in total. The standard InChI is InChI=1S/C13H24N2O/c1-11(14)12(16)15-9-7-13(8-10-15)5-3-2-4-6-13/h11H,2-10,14H2,1H3/t11-/m1/s1. The summed E-state index contributed by atoms with van der Waals surface area (Å²) in [5.74, 6) is 0.130. The van der Waals surface area contributed by atoms with Crippen LogP contribution < -0.4 is 5.73 Å². The fourth-order valence-corrected chi connectivity index (χ4v) is 3.29. The number of hydrogen-bond acceptors (Lipinski definition) is 2. The van der Waals surface area contributed by atoms with Crippen LogP contribution in [0.4, 0.5) is 0 Å². The lowest BCUT2D eigenvalue weighted by molar-refractivity contribution is -0.134. The van der Waals surface area contributed by atoms with Crippen molar-refractivity contribution in [3.05, 3.63) is 0 Å². The predicted molar refractivity (Wildman–Crippen MR) is 65.0 cm³/mol. The zero-order valence-corrected chi connectivity index (χ0v) is 10.4. The maximum atomic E-state index is 11.8. The molecule has 1 atom stereocenters. The molecule has 2 rings (SSSR count). The number of hydrogen-bond donors (Lipinski definition) is 1. The van der Waals surface area contributed by atoms with Crippen molar-refractivity contribution in [1.29, 1.82) is 0 Å². The highest BCUT2D eigenvalue weighted by molar-refractivity contribution is 5.81. The van der Waals surface area contributed by atoms with Crippen LogP contribution in [0.5, 0.6) is 0 Å². The predicted octanol–water partition coefficient (Wildman–Crippen LogP) is 1.91. The lowest BCUT2D eigenvalue weighted by Crippen LogP contribution is -2.48. The molecule has 92 valence electrons. The van der Waals surface area contributed by atoms with E-state index in [2.05, 4.69) is 0 Å². The van der Waals surface area contributed by atoms with Gasteiger partial charge in [0.05, 0.1) is 6.04 Å². The summed E-state index contributed by atoms with van der Waals surface area (Å²) in [5, 5.41) is 0. The second-order valence-corrected chi connectivity index (χ2v) is 5.67. The molecule has 1 aliphatic heterocycles. The summed E-state index contributed by atoms with van der Waals surface area (Å²) in [5.41, 5.74) is 6.22. The van der Waals surface area contributed by atoms with E-state index in [1.54, 1.807) is 6.92 Å². The molecule has 1 amide bonds. The summed E-state index contributed by atoms with van der Waals surface area (Å²) < 4.78 is 0. The molecule has 0 unspecified atom stereocenters. The maximum absolute atomic E-state index is 11.8. The number of nitrogens with two attached hydrogens (primary N) is 1. The molecule has 0 radical (unpaired) electrons. The number of piperidine rings is 1. The van der Waals surface area contributed by atoms with Crippen LogP contribution in [0.2, 0.25) is 0 Å². The molecule has 1 heterocycles. The van der Waals surface area contributed by atoms with Gasteiger partial charge in [-0.3, -0.25) is 4.79 Å². The number of likely N-dealkylation sites (tertiary alicyclic amines) is 1. The average molecular weight is 224 g/mol. The zero-order chi connectivity index (χ0) is 11.6. The summed E-state index contributed by atoms with van der Waals surface area (Å²) in [6.07, 6.45) is 9.35. The Morgan fingerprint density at radius 2 is 1.69 bits per heavy atom.